The van der Waals surface area contributed by atoms with Gasteiger partial charge in [0.15, 0.2) is 0 Å². The molecule has 2 aliphatic rings. The van der Waals surface area contributed by atoms with Gasteiger partial charge in [0.25, 0.3) is 0 Å². The maximum Gasteiger partial charge on any atom is 0.0983 e. The third kappa shape index (κ3) is 2.34. The number of nitrogens with one attached hydrogen (secondary N) is 1. The van der Waals surface area contributed by atoms with E-state index in [0.29, 0.717) is 0 Å². The molecule has 0 spiro atoms. The van der Waals surface area contributed by atoms with Crippen LogP contribution in [0, 0.1) is 0 Å². The Kier molecular flexibility index (Phi) is 3.10. The molecule has 1 aromatic carbocycles. The van der Waals surface area contributed by atoms with Crippen molar-refractivity contribution in [2.75, 3.05) is 6.67 Å². The van der Waals surface area contributed by atoms with E-state index in [0.717, 1.165) is 18.8 Å². The second-order valence-corrected chi connectivity index (χ2v) is 5.26. The van der Waals surface area contributed by atoms with Crippen LogP contribution in [-0.4, -0.2) is 11.0 Å². The Morgan fingerprint density at radius 2 is 2.12 bits per heavy atom. The van der Waals surface area contributed by atoms with Gasteiger partial charge < -0.3 is 5.32 Å². The number of allylic oxidation sites excluding steroid dienone is 3. The smallest absolute Gasteiger partial charge is 0.0983 e. The molecule has 1 aliphatic carbocycles. The predicted molar refractivity (Wildman–Crippen MR) is 73.0 cm³/mol. The molecule has 0 amide bonds. The second-order valence-electron chi connectivity index (χ2n) is 4.28. The molecule has 2 nitrogen and oxygen atoms in total. The lowest BCUT2D eigenvalue weighted by molar-refractivity contribution is 0.607. The molecule has 1 N–H and O–H groups in total. The highest BCUT2D eigenvalue weighted by Crippen LogP contribution is 2.31. The molecule has 1 aliphatic heterocycles. The van der Waals surface area contributed by atoms with E-state index >= 15 is 0 Å². The third-order valence-electron chi connectivity index (χ3n) is 3.08. The average molecular weight is 244 g/mol. The van der Waals surface area contributed by atoms with E-state index in [1.165, 1.54) is 23.4 Å². The molecular formula is C14H16N2S. The van der Waals surface area contributed by atoms with E-state index in [1.807, 2.05) is 11.9 Å². The summed E-state index contributed by atoms with van der Waals surface area (Å²) < 4.78 is 2.36. The number of benzene rings is 1. The zero-order chi connectivity index (χ0) is 11.5. The normalized spacial score (nSPS) is 18.2. The standard InChI is InChI=1S/C14H16N2S/c1-2-6-12(7-3-1)10-17-16-11-15-13-8-4-5-9-14(13)16/h1-3,5-7,9,15H,4,8,10-11H2. The van der Waals surface area contributed by atoms with Crippen molar-refractivity contribution in [2.24, 2.45) is 0 Å². The first-order valence-electron chi connectivity index (χ1n) is 6.01. The van der Waals surface area contributed by atoms with Crippen LogP contribution in [-0.2, 0) is 5.75 Å². The van der Waals surface area contributed by atoms with Crippen LogP contribution < -0.4 is 5.32 Å². The van der Waals surface area contributed by atoms with E-state index in [4.69, 9.17) is 0 Å². The van der Waals surface area contributed by atoms with Crippen LogP contribution in [0.2, 0.25) is 0 Å². The minimum Gasteiger partial charge on any atom is -0.369 e. The van der Waals surface area contributed by atoms with Crippen LogP contribution in [0.5, 0.6) is 0 Å². The number of rotatable bonds is 3. The average Bonchev–Trinajstić information content (AvgIpc) is 2.81. The minimum atomic E-state index is 0.937. The van der Waals surface area contributed by atoms with Crippen LogP contribution >= 0.6 is 11.9 Å². The maximum atomic E-state index is 3.48. The summed E-state index contributed by atoms with van der Waals surface area (Å²) >= 11 is 1.88. The minimum absolute atomic E-state index is 0.937. The molecule has 0 saturated carbocycles. The molecule has 0 saturated heterocycles. The van der Waals surface area contributed by atoms with E-state index in [-0.39, 0.29) is 0 Å². The maximum absolute atomic E-state index is 3.48. The second kappa shape index (κ2) is 4.88. The fraction of sp³-hybridized carbons (Fsp3) is 0.286. The fourth-order valence-electron chi connectivity index (χ4n) is 2.16. The Morgan fingerprint density at radius 1 is 1.24 bits per heavy atom. The van der Waals surface area contributed by atoms with Gasteiger partial charge in [0.05, 0.1) is 12.4 Å². The molecule has 0 bridgehead atoms. The lowest BCUT2D eigenvalue weighted by Crippen LogP contribution is -2.16. The summed E-state index contributed by atoms with van der Waals surface area (Å²) in [6.07, 6.45) is 6.84. The SMILES string of the molecule is C1=CC2=C(CC1)NCN2SCc1ccccc1. The molecular weight excluding hydrogens is 228 g/mol. The van der Waals surface area contributed by atoms with Crippen molar-refractivity contribution in [2.45, 2.75) is 18.6 Å². The summed E-state index contributed by atoms with van der Waals surface area (Å²) in [5, 5.41) is 3.48. The molecule has 0 radical (unpaired) electrons. The van der Waals surface area contributed by atoms with Gasteiger partial charge in [-0.3, -0.25) is 4.31 Å². The van der Waals surface area contributed by atoms with Crippen molar-refractivity contribution in [3.05, 3.63) is 59.4 Å². The first-order valence-corrected chi connectivity index (χ1v) is 6.96. The van der Waals surface area contributed by atoms with Crippen molar-refractivity contribution in [3.63, 3.8) is 0 Å². The van der Waals surface area contributed by atoms with Crippen LogP contribution in [0.25, 0.3) is 0 Å². The van der Waals surface area contributed by atoms with E-state index < -0.39 is 0 Å². The Labute approximate surface area is 107 Å². The predicted octanol–water partition coefficient (Wildman–Crippen LogP) is 3.26. The number of hydrogen-bond acceptors (Lipinski definition) is 3. The first-order chi connectivity index (χ1) is 8.43. The number of nitrogens with zero attached hydrogens (tertiary/aromatic N) is 1. The lowest BCUT2D eigenvalue weighted by atomic mass is 10.1. The van der Waals surface area contributed by atoms with Crippen LogP contribution in [0.1, 0.15) is 18.4 Å². The van der Waals surface area contributed by atoms with Crippen LogP contribution in [0.15, 0.2) is 53.9 Å². The van der Waals surface area contributed by atoms with Gasteiger partial charge in [0, 0.05) is 11.4 Å². The highest BCUT2D eigenvalue weighted by atomic mass is 32.2. The van der Waals surface area contributed by atoms with Crippen molar-refractivity contribution in [1.82, 2.24) is 9.62 Å². The Hall–Kier alpha value is -1.35. The van der Waals surface area contributed by atoms with Gasteiger partial charge in [0.2, 0.25) is 0 Å². The van der Waals surface area contributed by atoms with Crippen LogP contribution in [0.3, 0.4) is 0 Å². The quantitative estimate of drug-likeness (QED) is 0.822. The topological polar surface area (TPSA) is 15.3 Å². The first kappa shape index (κ1) is 10.8. The van der Waals surface area contributed by atoms with E-state index in [2.05, 4.69) is 52.1 Å². The van der Waals surface area contributed by atoms with Gasteiger partial charge in [0.1, 0.15) is 0 Å². The summed E-state index contributed by atoms with van der Waals surface area (Å²) in [5.74, 6) is 1.03. The molecule has 3 rings (SSSR count). The molecule has 0 atom stereocenters. The van der Waals surface area contributed by atoms with Crippen molar-refractivity contribution >= 4 is 11.9 Å². The molecule has 1 aromatic rings. The summed E-state index contributed by atoms with van der Waals surface area (Å²) in [6.45, 7) is 0.937. The summed E-state index contributed by atoms with van der Waals surface area (Å²) in [7, 11) is 0. The zero-order valence-electron chi connectivity index (χ0n) is 9.73. The Bertz CT molecular complexity index is 451. The fourth-order valence-corrected chi connectivity index (χ4v) is 3.12. The third-order valence-corrected chi connectivity index (χ3v) is 4.18. The van der Waals surface area contributed by atoms with Gasteiger partial charge in [-0.1, -0.05) is 36.4 Å². The molecule has 0 aromatic heterocycles. The van der Waals surface area contributed by atoms with Gasteiger partial charge in [-0.15, -0.1) is 0 Å². The molecule has 88 valence electrons. The number of hydrogen-bond donors (Lipinski definition) is 1. The summed E-state index contributed by atoms with van der Waals surface area (Å²) in [6, 6.07) is 10.6. The van der Waals surface area contributed by atoms with Crippen molar-refractivity contribution in [3.8, 4) is 0 Å². The summed E-state index contributed by atoms with van der Waals surface area (Å²) in [5.41, 5.74) is 4.16. The Morgan fingerprint density at radius 3 is 3.00 bits per heavy atom. The lowest BCUT2D eigenvalue weighted by Gasteiger charge is -2.18. The van der Waals surface area contributed by atoms with Crippen molar-refractivity contribution in [1.29, 1.82) is 0 Å². The monoisotopic (exact) mass is 244 g/mol. The molecule has 17 heavy (non-hydrogen) atoms. The molecule has 0 fully saturated rings. The van der Waals surface area contributed by atoms with Crippen LogP contribution in [0.4, 0.5) is 0 Å². The molecule has 1 heterocycles. The van der Waals surface area contributed by atoms with Gasteiger partial charge in [-0.05, 0) is 36.4 Å². The van der Waals surface area contributed by atoms with E-state index in [9.17, 15) is 0 Å². The molecule has 0 unspecified atom stereocenters. The van der Waals surface area contributed by atoms with Gasteiger partial charge >= 0.3 is 0 Å². The zero-order valence-corrected chi connectivity index (χ0v) is 10.5. The highest BCUT2D eigenvalue weighted by molar-refractivity contribution is 7.96. The van der Waals surface area contributed by atoms with E-state index in [1.54, 1.807) is 0 Å². The van der Waals surface area contributed by atoms with Gasteiger partial charge in [-0.2, -0.15) is 0 Å². The van der Waals surface area contributed by atoms with Crippen molar-refractivity contribution < 1.29 is 0 Å². The Balaban J connectivity index is 1.64. The summed E-state index contributed by atoms with van der Waals surface area (Å²) in [4.78, 5) is 0. The largest absolute Gasteiger partial charge is 0.369 e. The molecule has 3 heteroatoms. The van der Waals surface area contributed by atoms with Gasteiger partial charge in [-0.25, -0.2) is 0 Å². The highest BCUT2D eigenvalue weighted by Gasteiger charge is 2.21.